The molecule has 2 aliphatic heterocycles. The molecule has 0 spiro atoms. The molecular weight excluding hydrogens is 459 g/mol. The van der Waals surface area contributed by atoms with Crippen molar-refractivity contribution in [1.82, 2.24) is 10.2 Å². The summed E-state index contributed by atoms with van der Waals surface area (Å²) in [5.74, 6) is -1.82. The lowest BCUT2D eigenvalue weighted by Crippen LogP contribution is -2.47. The minimum absolute atomic E-state index is 0.00144. The number of hydrogen-bond acceptors (Lipinski definition) is 5. The molecule has 0 aliphatic carbocycles. The van der Waals surface area contributed by atoms with E-state index in [0.29, 0.717) is 13.0 Å². The molecule has 0 aromatic heterocycles. The lowest BCUT2D eigenvalue weighted by Gasteiger charge is -2.37. The number of carbonyl (C=O) groups excluding carboxylic acids is 2. The van der Waals surface area contributed by atoms with Gasteiger partial charge in [0.25, 0.3) is 5.78 Å². The number of hydrogen-bond donors (Lipinski definition) is 1. The Hall–Kier alpha value is -2.91. The normalized spacial score (nSPS) is 18.7. The standard InChI is InChI=1S/C26H30F3N3O3/c1-30-24(33)17-18-2-7-22-20(16-18)9-15-35-23(22)8-10-31-11-13-32(14-12-31)21-5-3-19(4-6-21)25(34)26(27,28)29/h2-7,16,23H,8-15,17H2,1H3,(H,30,33)/t23-/m0/s1. The number of nitrogens with one attached hydrogen (secondary N) is 1. The zero-order valence-electron chi connectivity index (χ0n) is 19.7. The van der Waals surface area contributed by atoms with E-state index >= 15 is 0 Å². The number of benzene rings is 2. The lowest BCUT2D eigenvalue weighted by molar-refractivity contribution is -0.119. The predicted octanol–water partition coefficient (Wildman–Crippen LogP) is 3.55. The van der Waals surface area contributed by atoms with Gasteiger partial charge in [0.15, 0.2) is 0 Å². The Balaban J connectivity index is 1.28. The van der Waals surface area contributed by atoms with E-state index in [4.69, 9.17) is 4.74 Å². The monoisotopic (exact) mass is 489 g/mol. The molecule has 1 N–H and O–H groups in total. The van der Waals surface area contributed by atoms with Crippen LogP contribution in [0.15, 0.2) is 42.5 Å². The number of piperazine rings is 1. The minimum Gasteiger partial charge on any atom is -0.373 e. The summed E-state index contributed by atoms with van der Waals surface area (Å²) >= 11 is 0. The highest BCUT2D eigenvalue weighted by atomic mass is 19.4. The molecule has 1 saturated heterocycles. The third kappa shape index (κ3) is 6.21. The Morgan fingerprint density at radius 3 is 2.43 bits per heavy atom. The van der Waals surface area contributed by atoms with Crippen LogP contribution in [0.1, 0.15) is 39.6 Å². The van der Waals surface area contributed by atoms with Gasteiger partial charge in [-0.05, 0) is 53.8 Å². The highest BCUT2D eigenvalue weighted by molar-refractivity contribution is 6.00. The van der Waals surface area contributed by atoms with E-state index in [1.165, 1.54) is 23.3 Å². The maximum atomic E-state index is 12.6. The van der Waals surface area contributed by atoms with Crippen molar-refractivity contribution >= 4 is 17.4 Å². The van der Waals surface area contributed by atoms with Crippen LogP contribution in [0.5, 0.6) is 0 Å². The zero-order chi connectivity index (χ0) is 25.0. The maximum absolute atomic E-state index is 12.6. The second-order valence-corrected chi connectivity index (χ2v) is 8.98. The van der Waals surface area contributed by atoms with E-state index in [2.05, 4.69) is 27.2 Å². The second-order valence-electron chi connectivity index (χ2n) is 8.98. The third-order valence-corrected chi connectivity index (χ3v) is 6.72. The summed E-state index contributed by atoms with van der Waals surface area (Å²) < 4.78 is 43.9. The molecule has 188 valence electrons. The average Bonchev–Trinajstić information content (AvgIpc) is 2.86. The molecule has 1 amide bonds. The van der Waals surface area contributed by atoms with Crippen molar-refractivity contribution in [2.45, 2.75) is 31.5 Å². The second kappa shape index (κ2) is 10.8. The molecule has 1 fully saturated rings. The van der Waals surface area contributed by atoms with Crippen LogP contribution in [0, 0.1) is 0 Å². The van der Waals surface area contributed by atoms with Crippen LogP contribution < -0.4 is 10.2 Å². The van der Waals surface area contributed by atoms with Crippen molar-refractivity contribution in [3.63, 3.8) is 0 Å². The first-order valence-corrected chi connectivity index (χ1v) is 11.9. The molecule has 1 atom stereocenters. The lowest BCUT2D eigenvalue weighted by atomic mass is 9.93. The van der Waals surface area contributed by atoms with E-state index < -0.39 is 12.0 Å². The van der Waals surface area contributed by atoms with Crippen LogP contribution in [-0.2, 0) is 22.4 Å². The average molecular weight is 490 g/mol. The Kier molecular flexibility index (Phi) is 7.76. The fourth-order valence-corrected chi connectivity index (χ4v) is 4.73. The smallest absolute Gasteiger partial charge is 0.373 e. The summed E-state index contributed by atoms with van der Waals surface area (Å²) in [6, 6.07) is 11.9. The number of rotatable bonds is 7. The van der Waals surface area contributed by atoms with Gasteiger partial charge in [0.2, 0.25) is 5.91 Å². The van der Waals surface area contributed by atoms with Crippen molar-refractivity contribution in [2.24, 2.45) is 0 Å². The van der Waals surface area contributed by atoms with E-state index in [1.807, 2.05) is 6.07 Å². The van der Waals surface area contributed by atoms with Crippen molar-refractivity contribution in [3.05, 3.63) is 64.7 Å². The Morgan fingerprint density at radius 1 is 1.06 bits per heavy atom. The highest BCUT2D eigenvalue weighted by Gasteiger charge is 2.39. The maximum Gasteiger partial charge on any atom is 0.454 e. The summed E-state index contributed by atoms with van der Waals surface area (Å²) in [7, 11) is 1.64. The molecule has 35 heavy (non-hydrogen) atoms. The van der Waals surface area contributed by atoms with E-state index in [9.17, 15) is 22.8 Å². The van der Waals surface area contributed by atoms with Gasteiger partial charge in [-0.15, -0.1) is 0 Å². The highest BCUT2D eigenvalue weighted by Crippen LogP contribution is 2.31. The number of likely N-dealkylation sites (N-methyl/N-ethyl adjacent to an activating group) is 1. The van der Waals surface area contributed by atoms with Gasteiger partial charge in [0.1, 0.15) is 0 Å². The predicted molar refractivity (Wildman–Crippen MR) is 127 cm³/mol. The fourth-order valence-electron chi connectivity index (χ4n) is 4.73. The van der Waals surface area contributed by atoms with Crippen LogP contribution >= 0.6 is 0 Å². The number of anilines is 1. The van der Waals surface area contributed by atoms with Crippen LogP contribution in [0.2, 0.25) is 0 Å². The van der Waals surface area contributed by atoms with Gasteiger partial charge in [-0.1, -0.05) is 18.2 Å². The van der Waals surface area contributed by atoms with Crippen molar-refractivity contribution < 1.29 is 27.5 Å². The number of ether oxygens (including phenoxy) is 1. The first kappa shape index (κ1) is 25.2. The van der Waals surface area contributed by atoms with Crippen molar-refractivity contribution in [1.29, 1.82) is 0 Å². The number of halogens is 3. The number of nitrogens with zero attached hydrogens (tertiary/aromatic N) is 2. The molecular formula is C26H30F3N3O3. The van der Waals surface area contributed by atoms with Gasteiger partial charge in [-0.2, -0.15) is 13.2 Å². The van der Waals surface area contributed by atoms with Gasteiger partial charge in [0.05, 0.1) is 19.1 Å². The topological polar surface area (TPSA) is 61.9 Å². The van der Waals surface area contributed by atoms with Crippen molar-refractivity contribution in [2.75, 3.05) is 51.3 Å². The number of Topliss-reactive ketones (excluding diaryl/α,β-unsaturated/α-hetero) is 1. The first-order valence-electron chi connectivity index (χ1n) is 11.9. The molecule has 0 bridgehead atoms. The van der Waals surface area contributed by atoms with Crippen LogP contribution in [0.3, 0.4) is 0 Å². The van der Waals surface area contributed by atoms with E-state index in [1.54, 1.807) is 19.2 Å². The molecule has 2 heterocycles. The van der Waals surface area contributed by atoms with E-state index in [0.717, 1.165) is 56.8 Å². The molecule has 2 aromatic carbocycles. The zero-order valence-corrected chi connectivity index (χ0v) is 19.7. The number of alkyl halides is 3. The summed E-state index contributed by atoms with van der Waals surface area (Å²) in [4.78, 5) is 27.6. The van der Waals surface area contributed by atoms with Crippen molar-refractivity contribution in [3.8, 4) is 0 Å². The summed E-state index contributed by atoms with van der Waals surface area (Å²) in [6.07, 6.45) is -2.73. The number of amides is 1. The first-order chi connectivity index (χ1) is 16.7. The summed E-state index contributed by atoms with van der Waals surface area (Å²) in [5, 5.41) is 2.66. The summed E-state index contributed by atoms with van der Waals surface area (Å²) in [6.45, 7) is 4.76. The van der Waals surface area contributed by atoms with Gasteiger partial charge in [0, 0.05) is 51.0 Å². The van der Waals surface area contributed by atoms with Crippen LogP contribution in [0.4, 0.5) is 18.9 Å². The molecule has 6 nitrogen and oxygen atoms in total. The third-order valence-electron chi connectivity index (χ3n) is 6.72. The quantitative estimate of drug-likeness (QED) is 0.603. The van der Waals surface area contributed by atoms with E-state index in [-0.39, 0.29) is 17.6 Å². The Morgan fingerprint density at radius 2 is 1.77 bits per heavy atom. The molecule has 9 heteroatoms. The minimum atomic E-state index is -4.86. The summed E-state index contributed by atoms with van der Waals surface area (Å²) in [5.41, 5.74) is 3.94. The molecule has 2 aromatic rings. The van der Waals surface area contributed by atoms with Gasteiger partial charge < -0.3 is 15.0 Å². The Bertz CT molecular complexity index is 1050. The van der Waals surface area contributed by atoms with Crippen LogP contribution in [-0.4, -0.2) is 69.1 Å². The number of carbonyl (C=O) groups is 2. The Labute approximate surface area is 203 Å². The molecule has 0 unspecified atom stereocenters. The molecule has 0 saturated carbocycles. The fraction of sp³-hybridized carbons (Fsp3) is 0.462. The van der Waals surface area contributed by atoms with Crippen LogP contribution in [0.25, 0.3) is 0 Å². The van der Waals surface area contributed by atoms with Gasteiger partial charge >= 0.3 is 6.18 Å². The molecule has 4 rings (SSSR count). The van der Waals surface area contributed by atoms with Gasteiger partial charge in [-0.3, -0.25) is 14.5 Å². The molecule has 0 radical (unpaired) electrons. The molecule has 2 aliphatic rings. The largest absolute Gasteiger partial charge is 0.454 e. The number of ketones is 1. The van der Waals surface area contributed by atoms with Gasteiger partial charge in [-0.25, -0.2) is 0 Å². The number of fused-ring (bicyclic) bond motifs is 1. The SMILES string of the molecule is CNC(=O)Cc1ccc2c(c1)CCO[C@H]2CCN1CCN(c2ccc(C(=O)C(F)(F)F)cc2)CC1.